The van der Waals surface area contributed by atoms with E-state index in [0.29, 0.717) is 27.9 Å². The van der Waals surface area contributed by atoms with Crippen LogP contribution >= 0.6 is 8.17 Å². The van der Waals surface area contributed by atoms with Gasteiger partial charge in [0.25, 0.3) is 0 Å². The zero-order chi connectivity index (χ0) is 29.5. The topological polar surface area (TPSA) is 235 Å². The van der Waals surface area contributed by atoms with Gasteiger partial charge in [-0.3, -0.25) is 9.09 Å². The molecule has 17 heteroatoms. The lowest BCUT2D eigenvalue weighted by molar-refractivity contribution is -0.169. The van der Waals surface area contributed by atoms with Crippen LogP contribution in [0.2, 0.25) is 0 Å². The van der Waals surface area contributed by atoms with Gasteiger partial charge in [0.2, 0.25) is 11.8 Å². The summed E-state index contributed by atoms with van der Waals surface area (Å²) in [5.41, 5.74) is 5.36. The second-order valence-electron chi connectivity index (χ2n) is 9.48. The number of carboxylic acid groups (broad SMARTS) is 1. The molecule has 1 aliphatic heterocycles. The van der Waals surface area contributed by atoms with E-state index in [4.69, 9.17) is 24.8 Å². The second kappa shape index (κ2) is 11.0. The van der Waals surface area contributed by atoms with Gasteiger partial charge in [0.15, 0.2) is 35.0 Å². The predicted octanol–water partition coefficient (Wildman–Crippen LogP) is 0.794. The lowest BCUT2D eigenvalue weighted by Gasteiger charge is -2.27. The van der Waals surface area contributed by atoms with E-state index in [1.54, 1.807) is 31.3 Å². The zero-order valence-corrected chi connectivity index (χ0v) is 23.0. The van der Waals surface area contributed by atoms with Gasteiger partial charge in [0.1, 0.15) is 24.4 Å². The van der Waals surface area contributed by atoms with Crippen LogP contribution in [0.3, 0.4) is 0 Å². The number of aliphatic carboxylic acids is 1. The quantitative estimate of drug-likeness (QED) is 0.171. The van der Waals surface area contributed by atoms with Crippen molar-refractivity contribution in [3.05, 3.63) is 36.7 Å². The van der Waals surface area contributed by atoms with Gasteiger partial charge in [0, 0.05) is 18.5 Å². The minimum absolute atomic E-state index is 0.000619. The minimum atomic E-state index is -2.58. The molecule has 1 saturated heterocycles. The number of hydrogen-bond acceptors (Lipinski definition) is 14. The Morgan fingerprint density at radius 3 is 2.85 bits per heavy atom. The number of nitrogens with one attached hydrogen (secondary N) is 1. The number of carbonyl (C=O) groups is 1. The first-order valence-corrected chi connectivity index (χ1v) is 13.5. The first-order valence-electron chi connectivity index (χ1n) is 12.3. The summed E-state index contributed by atoms with van der Waals surface area (Å²) in [7, 11) is -0.912. The maximum Gasteiger partial charge on any atom is 0.395 e. The molecule has 5 rings (SSSR count). The number of hydrogen-bond donors (Lipinski definition) is 5. The van der Waals surface area contributed by atoms with Gasteiger partial charge < -0.3 is 40.7 Å². The van der Waals surface area contributed by atoms with E-state index in [9.17, 15) is 19.9 Å². The molecule has 4 aromatic rings. The van der Waals surface area contributed by atoms with Gasteiger partial charge in [-0.2, -0.15) is 9.97 Å². The number of nitrogens with two attached hydrogens (primary N) is 1. The molecule has 0 amide bonds. The number of nitrogen functional groups attached to an aromatic ring is 1. The Kier molecular flexibility index (Phi) is 7.59. The van der Waals surface area contributed by atoms with Crippen LogP contribution in [-0.4, -0.2) is 83.3 Å². The van der Waals surface area contributed by atoms with E-state index in [0.717, 1.165) is 0 Å². The lowest BCUT2D eigenvalue weighted by atomic mass is 9.96. The number of pyridine rings is 1. The summed E-state index contributed by atoms with van der Waals surface area (Å²) >= 11 is 0. The SMILES string of the molecule is CNc1nc(N)nc2c1ncn2[C@@H]1O[C@H](COc2ccc3cc(O[P+]([O-])=NC(C)C(=O)O)ccc3n2)[C@@H](O)[C@@]1(C)O. The third-order valence-electron chi connectivity index (χ3n) is 6.52. The van der Waals surface area contributed by atoms with Crippen molar-refractivity contribution in [1.82, 2.24) is 24.5 Å². The van der Waals surface area contributed by atoms with Crippen molar-refractivity contribution in [2.75, 3.05) is 24.7 Å². The van der Waals surface area contributed by atoms with Crippen LogP contribution in [0.15, 0.2) is 41.4 Å². The van der Waals surface area contributed by atoms with Crippen molar-refractivity contribution in [2.24, 2.45) is 4.74 Å². The fourth-order valence-corrected chi connectivity index (χ4v) is 5.07. The number of benzene rings is 1. The minimum Gasteiger partial charge on any atom is -0.575 e. The van der Waals surface area contributed by atoms with E-state index in [2.05, 4.69) is 30.0 Å². The average Bonchev–Trinajstić information content (AvgIpc) is 3.44. The van der Waals surface area contributed by atoms with E-state index in [1.165, 1.54) is 30.8 Å². The van der Waals surface area contributed by atoms with Crippen molar-refractivity contribution in [3.63, 3.8) is 0 Å². The fraction of sp³-hybridized carbons (Fsp3) is 0.375. The van der Waals surface area contributed by atoms with Crippen LogP contribution < -0.4 is 25.2 Å². The summed E-state index contributed by atoms with van der Waals surface area (Å²) in [5, 5.41) is 34.5. The van der Waals surface area contributed by atoms with Gasteiger partial charge >= 0.3 is 14.1 Å². The smallest absolute Gasteiger partial charge is 0.395 e. The molecular weight excluding hydrogens is 559 g/mol. The molecule has 1 aliphatic rings. The Balaban J connectivity index is 1.29. The summed E-state index contributed by atoms with van der Waals surface area (Å²) in [6.07, 6.45) is -1.90. The van der Waals surface area contributed by atoms with Gasteiger partial charge in [-0.05, 0) is 38.1 Å². The lowest BCUT2D eigenvalue weighted by Crippen LogP contribution is -2.44. The first-order chi connectivity index (χ1) is 19.5. The van der Waals surface area contributed by atoms with Gasteiger partial charge in [0.05, 0.1) is 11.8 Å². The third kappa shape index (κ3) is 5.55. The number of fused-ring (bicyclic) bond motifs is 2. The van der Waals surface area contributed by atoms with Crippen LogP contribution in [0.4, 0.5) is 11.8 Å². The van der Waals surface area contributed by atoms with Crippen LogP contribution in [-0.2, 0) is 9.53 Å². The highest BCUT2D eigenvalue weighted by atomic mass is 31.1. The average molecular weight is 587 g/mol. The maximum atomic E-state index is 12.0. The van der Waals surface area contributed by atoms with Crippen molar-refractivity contribution < 1.29 is 39.0 Å². The zero-order valence-electron chi connectivity index (χ0n) is 22.1. The molecule has 2 unspecified atom stereocenters. The van der Waals surface area contributed by atoms with Gasteiger partial charge in [-0.15, -0.1) is 0 Å². The summed E-state index contributed by atoms with van der Waals surface area (Å²) in [6.45, 7) is 2.60. The van der Waals surface area contributed by atoms with Crippen LogP contribution in [0.25, 0.3) is 22.1 Å². The Morgan fingerprint density at radius 2 is 2.12 bits per heavy atom. The third-order valence-corrected chi connectivity index (χ3v) is 7.42. The Morgan fingerprint density at radius 1 is 1.34 bits per heavy atom. The van der Waals surface area contributed by atoms with E-state index >= 15 is 0 Å². The Labute approximate surface area is 233 Å². The normalized spacial score (nSPS) is 23.6. The molecule has 4 heterocycles. The summed E-state index contributed by atoms with van der Waals surface area (Å²) in [6, 6.07) is 6.82. The van der Waals surface area contributed by atoms with Crippen LogP contribution in [0, 0.1) is 0 Å². The molecule has 216 valence electrons. The Hall–Kier alpha value is -4.21. The van der Waals surface area contributed by atoms with Crippen LogP contribution in [0.5, 0.6) is 11.6 Å². The molecule has 0 spiro atoms. The number of aromatic nitrogens is 5. The maximum absolute atomic E-state index is 12.0. The highest BCUT2D eigenvalue weighted by molar-refractivity contribution is 7.34. The molecule has 0 radical (unpaired) electrons. The Bertz CT molecular complexity index is 1650. The highest BCUT2D eigenvalue weighted by Gasteiger charge is 2.53. The van der Waals surface area contributed by atoms with Crippen molar-refractivity contribution in [3.8, 4) is 11.6 Å². The van der Waals surface area contributed by atoms with Crippen molar-refractivity contribution in [1.29, 1.82) is 0 Å². The number of aliphatic hydroxyl groups excluding tert-OH is 1. The molecule has 0 bridgehead atoms. The van der Waals surface area contributed by atoms with Crippen molar-refractivity contribution in [2.45, 2.75) is 43.9 Å². The molecule has 0 aliphatic carbocycles. The predicted molar refractivity (Wildman–Crippen MR) is 144 cm³/mol. The van der Waals surface area contributed by atoms with Crippen molar-refractivity contribution >= 4 is 48.0 Å². The van der Waals surface area contributed by atoms with E-state index in [1.807, 2.05) is 0 Å². The molecule has 41 heavy (non-hydrogen) atoms. The molecule has 0 saturated carbocycles. The highest BCUT2D eigenvalue weighted by Crippen LogP contribution is 2.40. The molecule has 1 fully saturated rings. The number of nitrogens with zero attached hydrogens (tertiary/aromatic N) is 6. The summed E-state index contributed by atoms with van der Waals surface area (Å²) in [4.78, 5) is 39.9. The number of aliphatic hydroxyl groups is 2. The number of carboxylic acids is 1. The number of anilines is 2. The molecule has 1 aromatic carbocycles. The van der Waals surface area contributed by atoms with E-state index < -0.39 is 44.2 Å². The molecule has 6 N–H and O–H groups in total. The first kappa shape index (κ1) is 28.3. The van der Waals surface area contributed by atoms with E-state index in [-0.39, 0.29) is 24.2 Å². The monoisotopic (exact) mass is 586 g/mol. The molecule has 6 atom stereocenters. The number of rotatable bonds is 9. The number of ether oxygens (including phenoxy) is 2. The number of imidazole rings is 1. The second-order valence-corrected chi connectivity index (χ2v) is 10.4. The summed E-state index contributed by atoms with van der Waals surface area (Å²) in [5.74, 6) is -0.345. The van der Waals surface area contributed by atoms with Crippen LogP contribution in [0.1, 0.15) is 20.1 Å². The standard InChI is InChI=1S/C24H27N8O8P/c1-11(21(34)35)31-41(37)40-13-5-6-14-12(8-13)4-7-16(28-14)38-9-15-18(33)24(2,36)22(39-15)32-10-27-17-19(26-3)29-23(25)30-20(17)32/h4-8,10-11,15,18,22,33,36H,9H2,1-3H3,(H,34,35)(H3,25,26,29,30)/t11?,15-,18-,22-,24-/m1/s1. The molecule has 16 nitrogen and oxygen atoms in total. The largest absolute Gasteiger partial charge is 0.575 e. The fourth-order valence-electron chi connectivity index (χ4n) is 4.35. The molecular formula is C24H27N8O8P. The van der Waals surface area contributed by atoms with Gasteiger partial charge in [-0.1, -0.05) is 4.74 Å². The molecule has 3 aromatic heterocycles. The summed E-state index contributed by atoms with van der Waals surface area (Å²) < 4.78 is 22.1. The van der Waals surface area contributed by atoms with Gasteiger partial charge in [-0.25, -0.2) is 14.8 Å².